The van der Waals surface area contributed by atoms with Crippen molar-refractivity contribution in [3.63, 3.8) is 0 Å². The highest BCUT2D eigenvalue weighted by Gasteiger charge is 2.10. The number of ether oxygens (including phenoxy) is 3. The molecule has 1 amide bonds. The number of hydrogen-bond acceptors (Lipinski definition) is 5. The maximum absolute atomic E-state index is 11.9. The molecule has 6 nitrogen and oxygen atoms in total. The number of carbonyl (C=O) groups is 2. The average molecular weight is 315 g/mol. The van der Waals surface area contributed by atoms with Crippen LogP contribution in [0, 0.1) is 0 Å². The molecule has 0 bridgehead atoms. The summed E-state index contributed by atoms with van der Waals surface area (Å²) in [4.78, 5) is 23.3. The molecular formula is C17H17NO5. The molecule has 0 saturated heterocycles. The van der Waals surface area contributed by atoms with Gasteiger partial charge in [-0.1, -0.05) is 12.1 Å². The molecule has 0 radical (unpaired) electrons. The monoisotopic (exact) mass is 315 g/mol. The Morgan fingerprint density at radius 1 is 1.04 bits per heavy atom. The number of rotatable bonds is 5. The number of carbonyl (C=O) groups excluding carboxylic acids is 2. The minimum absolute atomic E-state index is 0.309. The van der Waals surface area contributed by atoms with Gasteiger partial charge >= 0.3 is 12.1 Å². The summed E-state index contributed by atoms with van der Waals surface area (Å²) in [5.74, 6) is 0.420. The van der Waals surface area contributed by atoms with Gasteiger partial charge in [-0.25, -0.2) is 9.59 Å². The van der Waals surface area contributed by atoms with E-state index in [0.717, 1.165) is 0 Å². The Kier molecular flexibility index (Phi) is 5.57. The molecule has 2 rings (SSSR count). The molecule has 1 N–H and O–H groups in total. The van der Waals surface area contributed by atoms with E-state index < -0.39 is 12.1 Å². The van der Waals surface area contributed by atoms with Crippen molar-refractivity contribution in [1.82, 2.24) is 0 Å². The van der Waals surface area contributed by atoms with E-state index in [9.17, 15) is 9.59 Å². The molecule has 0 aliphatic heterocycles. The van der Waals surface area contributed by atoms with Crippen LogP contribution < -0.4 is 14.8 Å². The van der Waals surface area contributed by atoms with Gasteiger partial charge in [0.25, 0.3) is 0 Å². The molecule has 0 atom stereocenters. The highest BCUT2D eigenvalue weighted by atomic mass is 16.6. The lowest BCUT2D eigenvalue weighted by atomic mass is 10.2. The van der Waals surface area contributed by atoms with E-state index in [4.69, 9.17) is 9.47 Å². The van der Waals surface area contributed by atoms with Gasteiger partial charge in [0.15, 0.2) is 0 Å². The van der Waals surface area contributed by atoms with Crippen LogP contribution in [0.5, 0.6) is 11.5 Å². The van der Waals surface area contributed by atoms with Crippen molar-refractivity contribution < 1.29 is 23.8 Å². The molecule has 6 heteroatoms. The van der Waals surface area contributed by atoms with Gasteiger partial charge in [-0.15, -0.1) is 0 Å². The molecular weight excluding hydrogens is 298 g/mol. The fourth-order valence-corrected chi connectivity index (χ4v) is 1.87. The van der Waals surface area contributed by atoms with Gasteiger partial charge in [0.1, 0.15) is 11.5 Å². The first kappa shape index (κ1) is 16.4. The van der Waals surface area contributed by atoms with Crippen LogP contribution in [0.25, 0.3) is 0 Å². The van der Waals surface area contributed by atoms with E-state index in [-0.39, 0.29) is 0 Å². The Hall–Kier alpha value is -3.02. The smallest absolute Gasteiger partial charge is 0.417 e. The van der Waals surface area contributed by atoms with Crippen molar-refractivity contribution >= 4 is 17.7 Å². The zero-order valence-electron chi connectivity index (χ0n) is 12.9. The molecule has 0 aliphatic carbocycles. The summed E-state index contributed by atoms with van der Waals surface area (Å²) in [7, 11) is 1.30. The molecule has 0 saturated carbocycles. The Morgan fingerprint density at radius 2 is 1.74 bits per heavy atom. The summed E-state index contributed by atoms with van der Waals surface area (Å²) < 4.78 is 15.2. The largest absolute Gasteiger partial charge is 0.492 e. The summed E-state index contributed by atoms with van der Waals surface area (Å²) in [5.41, 5.74) is 0.896. The van der Waals surface area contributed by atoms with E-state index in [1.807, 2.05) is 13.0 Å². The van der Waals surface area contributed by atoms with Crippen LogP contribution in [0.15, 0.2) is 48.5 Å². The van der Waals surface area contributed by atoms with Crippen molar-refractivity contribution in [2.24, 2.45) is 0 Å². The summed E-state index contributed by atoms with van der Waals surface area (Å²) in [5, 5.41) is 2.61. The molecule has 23 heavy (non-hydrogen) atoms. The highest BCUT2D eigenvalue weighted by Crippen LogP contribution is 2.24. The van der Waals surface area contributed by atoms with Crippen molar-refractivity contribution in [2.75, 3.05) is 19.0 Å². The van der Waals surface area contributed by atoms with Gasteiger partial charge in [0.2, 0.25) is 0 Å². The number of para-hydroxylation sites is 2. The Balaban J connectivity index is 2.01. The van der Waals surface area contributed by atoms with Crippen LogP contribution in [0.1, 0.15) is 17.3 Å². The van der Waals surface area contributed by atoms with E-state index in [1.54, 1.807) is 18.2 Å². The van der Waals surface area contributed by atoms with Gasteiger partial charge in [0.05, 0.1) is 25.0 Å². The predicted molar refractivity (Wildman–Crippen MR) is 85.0 cm³/mol. The first-order chi connectivity index (χ1) is 11.1. The normalized spacial score (nSPS) is 9.83. The molecule has 2 aromatic rings. The second-order valence-corrected chi connectivity index (χ2v) is 4.46. The van der Waals surface area contributed by atoms with Crippen molar-refractivity contribution in [1.29, 1.82) is 0 Å². The first-order valence-electron chi connectivity index (χ1n) is 7.03. The molecule has 0 aliphatic rings. The van der Waals surface area contributed by atoms with Gasteiger partial charge in [-0.3, -0.25) is 5.32 Å². The zero-order valence-corrected chi connectivity index (χ0v) is 12.9. The second kappa shape index (κ2) is 7.84. The average Bonchev–Trinajstić information content (AvgIpc) is 2.57. The SMILES string of the molecule is CCOc1ccccc1NC(=O)Oc1ccc(C(=O)OC)cc1. The van der Waals surface area contributed by atoms with Crippen LogP contribution in [-0.2, 0) is 4.74 Å². The van der Waals surface area contributed by atoms with Crippen LogP contribution >= 0.6 is 0 Å². The zero-order chi connectivity index (χ0) is 16.7. The summed E-state index contributed by atoms with van der Waals surface area (Å²) in [6, 6.07) is 13.1. The molecule has 0 unspecified atom stereocenters. The topological polar surface area (TPSA) is 73.9 Å². The number of benzene rings is 2. The number of esters is 1. The lowest BCUT2D eigenvalue weighted by Crippen LogP contribution is -2.17. The maximum atomic E-state index is 11.9. The molecule has 0 heterocycles. The predicted octanol–water partition coefficient (Wildman–Crippen LogP) is 3.48. The van der Waals surface area contributed by atoms with Crippen LogP contribution in [0.4, 0.5) is 10.5 Å². The van der Waals surface area contributed by atoms with Crippen molar-refractivity contribution in [3.8, 4) is 11.5 Å². The molecule has 2 aromatic carbocycles. The van der Waals surface area contributed by atoms with E-state index in [2.05, 4.69) is 10.1 Å². The van der Waals surface area contributed by atoms with Crippen LogP contribution in [0.2, 0.25) is 0 Å². The lowest BCUT2D eigenvalue weighted by molar-refractivity contribution is 0.0600. The first-order valence-corrected chi connectivity index (χ1v) is 7.03. The quantitative estimate of drug-likeness (QED) is 0.855. The van der Waals surface area contributed by atoms with Gasteiger partial charge < -0.3 is 14.2 Å². The number of methoxy groups -OCH3 is 1. The summed E-state index contributed by atoms with van der Waals surface area (Å²) in [6.07, 6.45) is -0.650. The third kappa shape index (κ3) is 4.47. The third-order valence-electron chi connectivity index (χ3n) is 2.91. The minimum Gasteiger partial charge on any atom is -0.492 e. The molecule has 0 spiro atoms. The van der Waals surface area contributed by atoms with Crippen molar-refractivity contribution in [2.45, 2.75) is 6.92 Å². The van der Waals surface area contributed by atoms with Gasteiger partial charge in [0, 0.05) is 0 Å². The Labute approximate surface area is 134 Å². The van der Waals surface area contributed by atoms with Gasteiger partial charge in [-0.2, -0.15) is 0 Å². The van der Waals surface area contributed by atoms with Crippen molar-refractivity contribution in [3.05, 3.63) is 54.1 Å². The standard InChI is InChI=1S/C17H17NO5/c1-3-22-15-7-5-4-6-14(15)18-17(20)23-13-10-8-12(9-11-13)16(19)21-2/h4-11H,3H2,1-2H3,(H,18,20). The molecule has 120 valence electrons. The van der Waals surface area contributed by atoms with E-state index in [1.165, 1.54) is 31.4 Å². The number of hydrogen-bond donors (Lipinski definition) is 1. The summed E-state index contributed by atoms with van der Waals surface area (Å²) in [6.45, 7) is 2.35. The Morgan fingerprint density at radius 3 is 2.39 bits per heavy atom. The third-order valence-corrected chi connectivity index (χ3v) is 2.91. The second-order valence-electron chi connectivity index (χ2n) is 4.46. The summed E-state index contributed by atoms with van der Waals surface area (Å²) >= 11 is 0. The highest BCUT2D eigenvalue weighted by molar-refractivity contribution is 5.90. The van der Waals surface area contributed by atoms with Gasteiger partial charge in [-0.05, 0) is 43.3 Å². The van der Waals surface area contributed by atoms with E-state index >= 15 is 0 Å². The van der Waals surface area contributed by atoms with Crippen LogP contribution in [-0.4, -0.2) is 25.8 Å². The molecule has 0 aromatic heterocycles. The minimum atomic E-state index is -0.650. The number of nitrogens with one attached hydrogen (secondary N) is 1. The maximum Gasteiger partial charge on any atom is 0.417 e. The Bertz CT molecular complexity index is 682. The lowest BCUT2D eigenvalue weighted by Gasteiger charge is -2.11. The number of anilines is 1. The molecule has 0 fully saturated rings. The van der Waals surface area contributed by atoms with E-state index in [0.29, 0.717) is 29.4 Å². The fourth-order valence-electron chi connectivity index (χ4n) is 1.87. The number of amides is 1. The van der Waals surface area contributed by atoms with Crippen LogP contribution in [0.3, 0.4) is 0 Å². The fraction of sp³-hybridized carbons (Fsp3) is 0.176.